The highest BCUT2D eigenvalue weighted by Crippen LogP contribution is 2.22. The molecule has 1 atom stereocenters. The Morgan fingerprint density at radius 1 is 1.35 bits per heavy atom. The summed E-state index contributed by atoms with van der Waals surface area (Å²) in [7, 11) is -0.796. The van der Waals surface area contributed by atoms with Gasteiger partial charge >= 0.3 is 0 Å². The minimum atomic E-state index is -2.88. The van der Waals surface area contributed by atoms with Gasteiger partial charge in [-0.25, -0.2) is 8.42 Å². The van der Waals surface area contributed by atoms with E-state index in [-0.39, 0.29) is 5.75 Å². The lowest BCUT2D eigenvalue weighted by atomic mass is 10.2. The molecule has 0 aliphatic carbocycles. The second kappa shape index (κ2) is 6.01. The molecule has 0 spiro atoms. The summed E-state index contributed by atoms with van der Waals surface area (Å²) in [6.07, 6.45) is 2.35. The summed E-state index contributed by atoms with van der Waals surface area (Å²) in [5.41, 5.74) is 7.61. The van der Waals surface area contributed by atoms with Gasteiger partial charge in [0.1, 0.15) is 9.84 Å². The molecule has 0 amide bonds. The van der Waals surface area contributed by atoms with Crippen LogP contribution in [-0.2, 0) is 9.84 Å². The van der Waals surface area contributed by atoms with Gasteiger partial charge in [-0.3, -0.25) is 0 Å². The van der Waals surface area contributed by atoms with Crippen molar-refractivity contribution in [3.05, 3.63) is 24.3 Å². The van der Waals surface area contributed by atoms with Crippen LogP contribution in [0, 0.1) is 0 Å². The van der Waals surface area contributed by atoms with Crippen LogP contribution in [0.1, 0.15) is 6.42 Å². The molecule has 2 rings (SSSR count). The number of likely N-dealkylation sites (tertiary alicyclic amines) is 1. The van der Waals surface area contributed by atoms with E-state index < -0.39 is 9.84 Å². The van der Waals surface area contributed by atoms with Crippen molar-refractivity contribution in [2.24, 2.45) is 0 Å². The summed E-state index contributed by atoms with van der Waals surface area (Å²) in [5, 5.41) is 0. The molecule has 5 nitrogen and oxygen atoms in total. The molecule has 1 aromatic rings. The summed E-state index contributed by atoms with van der Waals surface area (Å²) < 4.78 is 22.4. The number of anilines is 2. The summed E-state index contributed by atoms with van der Waals surface area (Å²) in [6, 6.07) is 8.28. The highest BCUT2D eigenvalue weighted by molar-refractivity contribution is 7.90. The molecule has 0 saturated carbocycles. The van der Waals surface area contributed by atoms with Crippen LogP contribution in [0.3, 0.4) is 0 Å². The van der Waals surface area contributed by atoms with Crippen molar-refractivity contribution in [2.45, 2.75) is 12.5 Å². The Bertz CT molecular complexity index is 542. The lowest BCUT2D eigenvalue weighted by Gasteiger charge is -2.27. The fraction of sp³-hybridized carbons (Fsp3) is 0.571. The first-order valence-electron chi connectivity index (χ1n) is 6.83. The number of nitrogen functional groups attached to an aromatic ring is 1. The summed E-state index contributed by atoms with van der Waals surface area (Å²) in [5.74, 6) is 0.241. The molecular formula is C14H23N3O2S. The molecule has 0 aromatic heterocycles. The molecule has 6 heteroatoms. The van der Waals surface area contributed by atoms with Crippen LogP contribution in [0.5, 0.6) is 0 Å². The van der Waals surface area contributed by atoms with Gasteiger partial charge in [0, 0.05) is 50.4 Å². The van der Waals surface area contributed by atoms with E-state index in [0.29, 0.717) is 12.6 Å². The summed E-state index contributed by atoms with van der Waals surface area (Å²) >= 11 is 0. The zero-order valence-corrected chi connectivity index (χ0v) is 12.9. The number of rotatable bonds is 5. The average Bonchev–Trinajstić information content (AvgIpc) is 2.84. The van der Waals surface area contributed by atoms with Crippen LogP contribution in [0.25, 0.3) is 0 Å². The Balaban J connectivity index is 1.90. The Morgan fingerprint density at radius 2 is 2.00 bits per heavy atom. The quantitative estimate of drug-likeness (QED) is 0.815. The van der Waals surface area contributed by atoms with Gasteiger partial charge in [0.05, 0.1) is 5.75 Å². The van der Waals surface area contributed by atoms with Gasteiger partial charge in [-0.2, -0.15) is 0 Å². The first-order valence-corrected chi connectivity index (χ1v) is 8.90. The van der Waals surface area contributed by atoms with E-state index in [2.05, 4.69) is 16.8 Å². The zero-order valence-electron chi connectivity index (χ0n) is 12.1. The van der Waals surface area contributed by atoms with E-state index in [1.165, 1.54) is 6.26 Å². The molecular weight excluding hydrogens is 274 g/mol. The van der Waals surface area contributed by atoms with Crippen LogP contribution in [0.4, 0.5) is 11.4 Å². The Kier molecular flexibility index (Phi) is 4.55. The van der Waals surface area contributed by atoms with Crippen molar-refractivity contribution in [1.82, 2.24) is 4.90 Å². The first kappa shape index (κ1) is 15.1. The lowest BCUT2D eigenvalue weighted by molar-refractivity contribution is 0.353. The zero-order chi connectivity index (χ0) is 14.8. The van der Waals surface area contributed by atoms with E-state index in [4.69, 9.17) is 5.73 Å². The van der Waals surface area contributed by atoms with Crippen LogP contribution < -0.4 is 10.6 Å². The SMILES string of the molecule is CN(c1ccc(N)cc1)[C@H]1CCN(CCS(C)(=O)=O)C1. The number of hydrogen-bond acceptors (Lipinski definition) is 5. The Hall–Kier alpha value is -1.27. The minimum absolute atomic E-state index is 0.241. The van der Waals surface area contributed by atoms with Crippen LogP contribution in [-0.4, -0.2) is 58.1 Å². The normalized spacial score (nSPS) is 20.2. The highest BCUT2D eigenvalue weighted by Gasteiger charge is 2.26. The van der Waals surface area contributed by atoms with E-state index in [9.17, 15) is 8.42 Å². The van der Waals surface area contributed by atoms with E-state index in [1.807, 2.05) is 24.3 Å². The van der Waals surface area contributed by atoms with Crippen molar-refractivity contribution >= 4 is 21.2 Å². The van der Waals surface area contributed by atoms with Gasteiger partial charge in [-0.1, -0.05) is 0 Å². The molecule has 1 aliphatic heterocycles. The highest BCUT2D eigenvalue weighted by atomic mass is 32.2. The standard InChI is InChI=1S/C14H23N3O2S/c1-16(13-5-3-12(15)4-6-13)14-7-8-17(11-14)9-10-20(2,18)19/h3-6,14H,7-11,15H2,1-2H3/t14-/m0/s1. The molecule has 1 heterocycles. The topological polar surface area (TPSA) is 66.6 Å². The summed E-state index contributed by atoms with van der Waals surface area (Å²) in [4.78, 5) is 4.47. The number of nitrogens with two attached hydrogens (primary N) is 1. The van der Waals surface area contributed by atoms with Gasteiger partial charge < -0.3 is 15.5 Å². The minimum Gasteiger partial charge on any atom is -0.399 e. The second-order valence-electron chi connectivity index (χ2n) is 5.58. The number of benzene rings is 1. The molecule has 2 N–H and O–H groups in total. The molecule has 1 saturated heterocycles. The summed E-state index contributed by atoms with van der Waals surface area (Å²) in [6.45, 7) is 2.50. The van der Waals surface area contributed by atoms with Gasteiger partial charge in [0.2, 0.25) is 0 Å². The predicted molar refractivity (Wildman–Crippen MR) is 83.8 cm³/mol. The fourth-order valence-corrected chi connectivity index (χ4v) is 3.14. The van der Waals surface area contributed by atoms with Crippen molar-refractivity contribution < 1.29 is 8.42 Å². The Morgan fingerprint density at radius 3 is 2.60 bits per heavy atom. The second-order valence-corrected chi connectivity index (χ2v) is 7.84. The maximum absolute atomic E-state index is 11.2. The van der Waals surface area contributed by atoms with Gasteiger partial charge in [-0.05, 0) is 30.7 Å². The predicted octanol–water partition coefficient (Wildman–Crippen LogP) is 0.824. The Labute approximate surface area is 121 Å². The van der Waals surface area contributed by atoms with Gasteiger partial charge in [-0.15, -0.1) is 0 Å². The third-order valence-corrected chi connectivity index (χ3v) is 4.80. The number of hydrogen-bond donors (Lipinski definition) is 1. The monoisotopic (exact) mass is 297 g/mol. The molecule has 112 valence electrons. The van der Waals surface area contributed by atoms with Crippen LogP contribution in [0.15, 0.2) is 24.3 Å². The first-order chi connectivity index (χ1) is 9.35. The van der Waals surface area contributed by atoms with Crippen molar-refractivity contribution in [1.29, 1.82) is 0 Å². The maximum Gasteiger partial charge on any atom is 0.148 e. The largest absolute Gasteiger partial charge is 0.399 e. The lowest BCUT2D eigenvalue weighted by Crippen LogP contribution is -2.35. The molecule has 0 bridgehead atoms. The molecule has 0 unspecified atom stereocenters. The smallest absolute Gasteiger partial charge is 0.148 e. The molecule has 1 fully saturated rings. The molecule has 1 aromatic carbocycles. The number of likely N-dealkylation sites (N-methyl/N-ethyl adjacent to an activating group) is 1. The van der Waals surface area contributed by atoms with Crippen LogP contribution in [0.2, 0.25) is 0 Å². The fourth-order valence-electron chi connectivity index (χ4n) is 2.55. The van der Waals surface area contributed by atoms with E-state index in [0.717, 1.165) is 30.9 Å². The molecule has 0 radical (unpaired) electrons. The van der Waals surface area contributed by atoms with Crippen molar-refractivity contribution in [3.8, 4) is 0 Å². The third-order valence-electron chi connectivity index (χ3n) is 3.87. The van der Waals surface area contributed by atoms with Gasteiger partial charge in [0.25, 0.3) is 0 Å². The van der Waals surface area contributed by atoms with Crippen LogP contribution >= 0.6 is 0 Å². The molecule has 1 aliphatic rings. The van der Waals surface area contributed by atoms with Crippen molar-refractivity contribution in [3.63, 3.8) is 0 Å². The average molecular weight is 297 g/mol. The van der Waals surface area contributed by atoms with E-state index >= 15 is 0 Å². The molecule has 20 heavy (non-hydrogen) atoms. The van der Waals surface area contributed by atoms with Crippen molar-refractivity contribution in [2.75, 3.05) is 49.3 Å². The maximum atomic E-state index is 11.2. The third kappa shape index (κ3) is 4.11. The number of nitrogens with zero attached hydrogens (tertiary/aromatic N) is 2. The van der Waals surface area contributed by atoms with E-state index in [1.54, 1.807) is 0 Å². The van der Waals surface area contributed by atoms with Gasteiger partial charge in [0.15, 0.2) is 0 Å². The number of sulfone groups is 1.